The molecule has 1 atom stereocenters. The number of amides is 1. The lowest BCUT2D eigenvalue weighted by molar-refractivity contribution is -0.0855. The highest BCUT2D eigenvalue weighted by molar-refractivity contribution is 5.94. The van der Waals surface area contributed by atoms with Gasteiger partial charge in [-0.05, 0) is 18.1 Å². The van der Waals surface area contributed by atoms with Gasteiger partial charge in [0.2, 0.25) is 0 Å². The van der Waals surface area contributed by atoms with Gasteiger partial charge in [-0.3, -0.25) is 4.79 Å². The second-order valence-corrected chi connectivity index (χ2v) is 5.14. The van der Waals surface area contributed by atoms with Crippen LogP contribution in [0.4, 0.5) is 5.82 Å². The number of nitrogens with two attached hydrogens (primary N) is 1. The van der Waals surface area contributed by atoms with Crippen LogP contribution in [0.2, 0.25) is 0 Å². The van der Waals surface area contributed by atoms with Crippen molar-refractivity contribution < 1.29 is 14.3 Å². The van der Waals surface area contributed by atoms with Crippen LogP contribution in [-0.4, -0.2) is 43.4 Å². The lowest BCUT2D eigenvalue weighted by Gasteiger charge is -2.23. The van der Waals surface area contributed by atoms with Gasteiger partial charge in [-0.15, -0.1) is 0 Å². The molecule has 0 bridgehead atoms. The number of pyridine rings is 1. The molecular weight excluding hydrogens is 258 g/mol. The molecule has 110 valence electrons. The zero-order valence-electron chi connectivity index (χ0n) is 11.9. The van der Waals surface area contributed by atoms with E-state index in [0.29, 0.717) is 37.7 Å². The number of anilines is 1. The predicted octanol–water partition coefficient (Wildman–Crippen LogP) is 0.932. The Morgan fingerprint density at radius 1 is 1.50 bits per heavy atom. The Morgan fingerprint density at radius 2 is 2.30 bits per heavy atom. The summed E-state index contributed by atoms with van der Waals surface area (Å²) in [7, 11) is 0. The van der Waals surface area contributed by atoms with Gasteiger partial charge >= 0.3 is 0 Å². The van der Waals surface area contributed by atoms with E-state index in [9.17, 15) is 4.79 Å². The van der Waals surface area contributed by atoms with Gasteiger partial charge in [-0.2, -0.15) is 0 Å². The summed E-state index contributed by atoms with van der Waals surface area (Å²) in [6.07, 6.45) is -0.0866. The van der Waals surface area contributed by atoms with E-state index in [1.165, 1.54) is 0 Å². The molecule has 2 heterocycles. The number of carbonyl (C=O) groups excluding carboxylic acids is 1. The summed E-state index contributed by atoms with van der Waals surface area (Å²) in [4.78, 5) is 16.3. The minimum absolute atomic E-state index is 0.0866. The zero-order chi connectivity index (χ0) is 14.5. The van der Waals surface area contributed by atoms with Gasteiger partial charge in [0.15, 0.2) is 0 Å². The van der Waals surface area contributed by atoms with Crippen LogP contribution >= 0.6 is 0 Å². The Bertz CT molecular complexity index is 471. The summed E-state index contributed by atoms with van der Waals surface area (Å²) in [5.74, 6) is 0.411. The molecule has 1 saturated heterocycles. The highest BCUT2D eigenvalue weighted by Crippen LogP contribution is 2.16. The second-order valence-electron chi connectivity index (χ2n) is 5.14. The number of carbonyl (C=O) groups is 1. The molecule has 0 saturated carbocycles. The van der Waals surface area contributed by atoms with Crippen LogP contribution in [0.25, 0.3) is 0 Å². The van der Waals surface area contributed by atoms with E-state index in [1.54, 1.807) is 12.1 Å². The molecule has 20 heavy (non-hydrogen) atoms. The fourth-order valence-corrected chi connectivity index (χ4v) is 1.96. The van der Waals surface area contributed by atoms with Crippen LogP contribution in [0.1, 0.15) is 35.8 Å². The van der Waals surface area contributed by atoms with Crippen molar-refractivity contribution >= 4 is 11.7 Å². The van der Waals surface area contributed by atoms with Crippen molar-refractivity contribution in [2.45, 2.75) is 25.9 Å². The average Bonchev–Trinajstić information content (AvgIpc) is 2.45. The molecule has 2 rings (SSSR count). The van der Waals surface area contributed by atoms with Crippen LogP contribution in [-0.2, 0) is 9.47 Å². The van der Waals surface area contributed by atoms with E-state index in [2.05, 4.69) is 10.3 Å². The van der Waals surface area contributed by atoms with E-state index in [0.717, 1.165) is 5.69 Å². The maximum Gasteiger partial charge on any atom is 0.251 e. The minimum Gasteiger partial charge on any atom is -0.384 e. The fraction of sp³-hybridized carbons (Fsp3) is 0.571. The molecule has 1 amide bonds. The third-order valence-electron chi connectivity index (χ3n) is 3.09. The fourth-order valence-electron chi connectivity index (χ4n) is 1.96. The molecule has 1 aliphatic rings. The maximum atomic E-state index is 12.1. The summed E-state index contributed by atoms with van der Waals surface area (Å²) in [6.45, 7) is 6.14. The quantitative estimate of drug-likeness (QED) is 0.856. The van der Waals surface area contributed by atoms with E-state index >= 15 is 0 Å². The van der Waals surface area contributed by atoms with Gasteiger partial charge in [-0.25, -0.2) is 4.98 Å². The molecule has 1 fully saturated rings. The molecule has 0 radical (unpaired) electrons. The predicted molar refractivity (Wildman–Crippen MR) is 75.6 cm³/mol. The molecule has 1 unspecified atom stereocenters. The molecule has 0 aliphatic carbocycles. The summed E-state index contributed by atoms with van der Waals surface area (Å²) < 4.78 is 10.8. The number of rotatable bonds is 4. The lowest BCUT2D eigenvalue weighted by Crippen LogP contribution is -2.39. The first kappa shape index (κ1) is 14.7. The number of nitrogen functional groups attached to an aromatic ring is 1. The zero-order valence-corrected chi connectivity index (χ0v) is 11.9. The van der Waals surface area contributed by atoms with Crippen LogP contribution < -0.4 is 11.1 Å². The van der Waals surface area contributed by atoms with Crippen LogP contribution in [0, 0.1) is 0 Å². The molecule has 6 nitrogen and oxygen atoms in total. The van der Waals surface area contributed by atoms with Crippen LogP contribution in [0.15, 0.2) is 12.1 Å². The third-order valence-corrected chi connectivity index (χ3v) is 3.09. The first-order valence-corrected chi connectivity index (χ1v) is 6.81. The van der Waals surface area contributed by atoms with Crippen molar-refractivity contribution in [3.8, 4) is 0 Å². The summed E-state index contributed by atoms with van der Waals surface area (Å²) in [5, 5.41) is 2.83. The molecule has 0 spiro atoms. The monoisotopic (exact) mass is 279 g/mol. The summed E-state index contributed by atoms with van der Waals surface area (Å²) in [6, 6.07) is 3.36. The first-order valence-electron chi connectivity index (χ1n) is 6.81. The Labute approximate surface area is 118 Å². The maximum absolute atomic E-state index is 12.1. The number of nitrogens with zero attached hydrogens (tertiary/aromatic N) is 1. The normalized spacial score (nSPS) is 19.1. The van der Waals surface area contributed by atoms with Gasteiger partial charge < -0.3 is 20.5 Å². The smallest absolute Gasteiger partial charge is 0.251 e. The van der Waals surface area contributed by atoms with Crippen molar-refractivity contribution in [2.24, 2.45) is 0 Å². The highest BCUT2D eigenvalue weighted by Gasteiger charge is 2.16. The van der Waals surface area contributed by atoms with Crippen LogP contribution in [0.5, 0.6) is 0 Å². The number of hydrogen-bond donors (Lipinski definition) is 2. The van der Waals surface area contributed by atoms with Gasteiger partial charge in [-0.1, -0.05) is 13.8 Å². The molecule has 1 aliphatic heterocycles. The van der Waals surface area contributed by atoms with Gasteiger partial charge in [0.1, 0.15) is 5.82 Å². The van der Waals surface area contributed by atoms with Crippen molar-refractivity contribution in [2.75, 3.05) is 32.1 Å². The van der Waals surface area contributed by atoms with Gasteiger partial charge in [0.25, 0.3) is 5.91 Å². The Hall–Kier alpha value is -1.66. The lowest BCUT2D eigenvalue weighted by atomic mass is 10.1. The van der Waals surface area contributed by atoms with Crippen molar-refractivity contribution in [3.63, 3.8) is 0 Å². The van der Waals surface area contributed by atoms with Crippen molar-refractivity contribution in [1.82, 2.24) is 10.3 Å². The van der Waals surface area contributed by atoms with Crippen LogP contribution in [0.3, 0.4) is 0 Å². The number of aromatic nitrogens is 1. The molecular formula is C14H21N3O3. The highest BCUT2D eigenvalue weighted by atomic mass is 16.6. The molecule has 1 aromatic rings. The SMILES string of the molecule is CC(C)c1cc(C(=O)NCC2COCCO2)cc(N)n1. The first-order chi connectivity index (χ1) is 9.56. The van der Waals surface area contributed by atoms with Crippen molar-refractivity contribution in [1.29, 1.82) is 0 Å². The molecule has 3 N–H and O–H groups in total. The number of hydrogen-bond acceptors (Lipinski definition) is 5. The average molecular weight is 279 g/mol. The number of ether oxygens (including phenoxy) is 2. The Balaban J connectivity index is 1.97. The minimum atomic E-state index is -0.171. The van der Waals surface area contributed by atoms with E-state index in [4.69, 9.17) is 15.2 Å². The molecule has 1 aromatic heterocycles. The summed E-state index contributed by atoms with van der Waals surface area (Å²) in [5.41, 5.74) is 7.08. The molecule has 0 aromatic carbocycles. The summed E-state index contributed by atoms with van der Waals surface area (Å²) >= 11 is 0. The standard InChI is InChI=1S/C14H21N3O3/c1-9(2)12-5-10(6-13(15)17-12)14(18)16-7-11-8-19-3-4-20-11/h5-6,9,11H,3-4,7-8H2,1-2H3,(H2,15,17)(H,16,18). The second kappa shape index (κ2) is 6.67. The van der Waals surface area contributed by atoms with Gasteiger partial charge in [0, 0.05) is 17.8 Å². The van der Waals surface area contributed by atoms with Crippen molar-refractivity contribution in [3.05, 3.63) is 23.4 Å². The Kier molecular flexibility index (Phi) is 4.92. The Morgan fingerprint density at radius 3 is 2.95 bits per heavy atom. The topological polar surface area (TPSA) is 86.5 Å². The largest absolute Gasteiger partial charge is 0.384 e. The van der Waals surface area contributed by atoms with Gasteiger partial charge in [0.05, 0.1) is 25.9 Å². The molecule has 6 heteroatoms. The van der Waals surface area contributed by atoms with E-state index in [1.807, 2.05) is 13.8 Å². The van der Waals surface area contributed by atoms with E-state index < -0.39 is 0 Å². The third kappa shape index (κ3) is 3.91. The number of nitrogens with one attached hydrogen (secondary N) is 1. The van der Waals surface area contributed by atoms with E-state index in [-0.39, 0.29) is 17.9 Å².